The first-order chi connectivity index (χ1) is 7.72. The number of carbonyl (C=O) groups is 1. The van der Waals surface area contributed by atoms with Crippen molar-refractivity contribution in [2.24, 2.45) is 0 Å². The van der Waals surface area contributed by atoms with Crippen molar-refractivity contribution in [2.75, 3.05) is 13.7 Å². The standard InChI is InChI=1S/C10H20N4O2S/c1-6-12-9(17)14(7(11)16-5)8(15)13-10(2,3)4/h11H,6H2,1-5H3,(H,12,17)(H,13,15). The third-order valence-electron chi connectivity index (χ3n) is 1.61. The van der Waals surface area contributed by atoms with Crippen LogP contribution in [0.25, 0.3) is 0 Å². The average molecular weight is 260 g/mol. The molecule has 2 amide bonds. The number of ether oxygens (including phenoxy) is 1. The van der Waals surface area contributed by atoms with Crippen molar-refractivity contribution in [1.82, 2.24) is 15.5 Å². The zero-order chi connectivity index (χ0) is 13.6. The first kappa shape index (κ1) is 15.6. The SMILES string of the molecule is CCNC(=S)N(C(=N)OC)C(=O)NC(C)(C)C. The van der Waals surface area contributed by atoms with Gasteiger partial charge in [0.25, 0.3) is 6.02 Å². The zero-order valence-corrected chi connectivity index (χ0v) is 11.7. The number of amidine groups is 1. The number of hydrogen-bond donors (Lipinski definition) is 3. The summed E-state index contributed by atoms with van der Waals surface area (Å²) in [5, 5.41) is 13.2. The summed E-state index contributed by atoms with van der Waals surface area (Å²) in [5.74, 6) is 0. The van der Waals surface area contributed by atoms with Crippen LogP contribution in [0, 0.1) is 5.41 Å². The van der Waals surface area contributed by atoms with Crippen LogP contribution in [-0.2, 0) is 4.74 Å². The Bertz CT molecular complexity index is 312. The molecule has 0 heterocycles. The van der Waals surface area contributed by atoms with Crippen molar-refractivity contribution >= 4 is 29.4 Å². The van der Waals surface area contributed by atoms with Crippen LogP contribution < -0.4 is 10.6 Å². The van der Waals surface area contributed by atoms with E-state index < -0.39 is 11.6 Å². The maximum Gasteiger partial charge on any atom is 0.332 e. The topological polar surface area (TPSA) is 77.5 Å². The first-order valence-electron chi connectivity index (χ1n) is 5.25. The van der Waals surface area contributed by atoms with Gasteiger partial charge in [-0.25, -0.2) is 4.79 Å². The van der Waals surface area contributed by atoms with Crippen molar-refractivity contribution in [2.45, 2.75) is 33.2 Å². The third-order valence-corrected chi connectivity index (χ3v) is 1.94. The summed E-state index contributed by atoms with van der Waals surface area (Å²) in [4.78, 5) is 12.9. The van der Waals surface area contributed by atoms with Gasteiger partial charge in [0.15, 0.2) is 5.11 Å². The van der Waals surface area contributed by atoms with Crippen LogP contribution in [0.15, 0.2) is 0 Å². The molecule has 0 aliphatic heterocycles. The molecule has 0 atom stereocenters. The molecule has 0 aliphatic carbocycles. The predicted octanol–water partition coefficient (Wildman–Crippen LogP) is 1.27. The Labute approximate surface area is 107 Å². The average Bonchev–Trinajstić information content (AvgIpc) is 2.15. The van der Waals surface area contributed by atoms with Gasteiger partial charge in [0.1, 0.15) is 0 Å². The maximum atomic E-state index is 11.9. The fourth-order valence-electron chi connectivity index (χ4n) is 0.975. The monoisotopic (exact) mass is 260 g/mol. The second kappa shape index (κ2) is 6.39. The quantitative estimate of drug-likeness (QED) is 0.377. The molecule has 3 N–H and O–H groups in total. The molecule has 0 fully saturated rings. The van der Waals surface area contributed by atoms with E-state index in [4.69, 9.17) is 22.4 Å². The Kier molecular flexibility index (Phi) is 5.87. The van der Waals surface area contributed by atoms with Crippen LogP contribution in [0.4, 0.5) is 4.79 Å². The summed E-state index contributed by atoms with van der Waals surface area (Å²) in [5.41, 5.74) is -0.412. The van der Waals surface area contributed by atoms with Gasteiger partial charge in [-0.15, -0.1) is 0 Å². The number of urea groups is 1. The Balaban J connectivity index is 4.87. The van der Waals surface area contributed by atoms with Gasteiger partial charge >= 0.3 is 6.03 Å². The smallest absolute Gasteiger partial charge is 0.332 e. The lowest BCUT2D eigenvalue weighted by atomic mass is 10.1. The van der Waals surface area contributed by atoms with Gasteiger partial charge in [-0.2, -0.15) is 4.90 Å². The van der Waals surface area contributed by atoms with E-state index in [0.29, 0.717) is 6.54 Å². The number of hydrogen-bond acceptors (Lipinski definition) is 4. The van der Waals surface area contributed by atoms with Gasteiger partial charge in [0.05, 0.1) is 7.11 Å². The van der Waals surface area contributed by atoms with Gasteiger partial charge in [-0.1, -0.05) is 0 Å². The molecule has 17 heavy (non-hydrogen) atoms. The number of amides is 2. The number of nitrogens with zero attached hydrogens (tertiary/aromatic N) is 1. The molecule has 98 valence electrons. The van der Waals surface area contributed by atoms with E-state index >= 15 is 0 Å². The Morgan fingerprint density at radius 1 is 1.47 bits per heavy atom. The van der Waals surface area contributed by atoms with Crippen molar-refractivity contribution < 1.29 is 9.53 Å². The van der Waals surface area contributed by atoms with E-state index in [-0.39, 0.29) is 11.1 Å². The largest absolute Gasteiger partial charge is 0.468 e. The van der Waals surface area contributed by atoms with E-state index in [0.717, 1.165) is 4.90 Å². The highest BCUT2D eigenvalue weighted by Gasteiger charge is 2.26. The molecule has 0 aromatic rings. The summed E-state index contributed by atoms with van der Waals surface area (Å²) in [6.45, 7) is 7.94. The summed E-state index contributed by atoms with van der Waals surface area (Å²) in [6, 6.07) is -0.812. The molecule has 0 bridgehead atoms. The minimum atomic E-state index is -0.490. The Hall–Kier alpha value is -1.37. The van der Waals surface area contributed by atoms with Crippen LogP contribution in [0.1, 0.15) is 27.7 Å². The van der Waals surface area contributed by atoms with E-state index in [2.05, 4.69) is 10.6 Å². The molecule has 0 aromatic carbocycles. The number of thiocarbonyl (C=S) groups is 1. The van der Waals surface area contributed by atoms with E-state index in [9.17, 15) is 4.79 Å². The molecule has 0 radical (unpaired) electrons. The lowest BCUT2D eigenvalue weighted by Crippen LogP contribution is -2.55. The summed E-state index contributed by atoms with van der Waals surface area (Å²) < 4.78 is 4.74. The number of nitrogens with one attached hydrogen (secondary N) is 3. The molecule has 0 saturated heterocycles. The Morgan fingerprint density at radius 3 is 2.35 bits per heavy atom. The fraction of sp³-hybridized carbons (Fsp3) is 0.700. The fourth-order valence-corrected chi connectivity index (χ4v) is 1.29. The predicted molar refractivity (Wildman–Crippen MR) is 71.1 cm³/mol. The van der Waals surface area contributed by atoms with Crippen LogP contribution in [0.3, 0.4) is 0 Å². The molecule has 0 unspecified atom stereocenters. The van der Waals surface area contributed by atoms with E-state index in [1.807, 2.05) is 27.7 Å². The first-order valence-corrected chi connectivity index (χ1v) is 5.66. The summed E-state index contributed by atoms with van der Waals surface area (Å²) >= 11 is 5.02. The molecule has 0 rings (SSSR count). The number of methoxy groups -OCH3 is 1. The normalized spacial score (nSPS) is 10.4. The number of carbonyl (C=O) groups excluding carboxylic acids is 1. The summed E-state index contributed by atoms with van der Waals surface area (Å²) in [6.07, 6.45) is 0. The molecular weight excluding hydrogens is 240 g/mol. The lowest BCUT2D eigenvalue weighted by molar-refractivity contribution is 0.215. The van der Waals surface area contributed by atoms with Gasteiger partial charge in [0.2, 0.25) is 0 Å². The van der Waals surface area contributed by atoms with Crippen molar-refractivity contribution in [3.63, 3.8) is 0 Å². The lowest BCUT2D eigenvalue weighted by Gasteiger charge is -2.27. The molecule has 0 aromatic heterocycles. The molecule has 0 saturated carbocycles. The van der Waals surface area contributed by atoms with E-state index in [1.54, 1.807) is 0 Å². The Morgan fingerprint density at radius 2 is 2.00 bits per heavy atom. The highest BCUT2D eigenvalue weighted by Crippen LogP contribution is 2.02. The van der Waals surface area contributed by atoms with Gasteiger partial charge in [-0.05, 0) is 39.9 Å². The molecule has 6 nitrogen and oxygen atoms in total. The van der Waals surface area contributed by atoms with Crippen molar-refractivity contribution in [3.05, 3.63) is 0 Å². The highest BCUT2D eigenvalue weighted by atomic mass is 32.1. The minimum absolute atomic E-state index is 0.140. The van der Waals surface area contributed by atoms with Gasteiger partial charge in [0, 0.05) is 12.1 Å². The van der Waals surface area contributed by atoms with Crippen molar-refractivity contribution in [3.8, 4) is 0 Å². The minimum Gasteiger partial charge on any atom is -0.468 e. The van der Waals surface area contributed by atoms with Gasteiger partial charge in [-0.3, -0.25) is 5.41 Å². The van der Waals surface area contributed by atoms with Crippen LogP contribution >= 0.6 is 12.2 Å². The molecular formula is C10H20N4O2S. The maximum absolute atomic E-state index is 11.9. The van der Waals surface area contributed by atoms with Crippen LogP contribution in [-0.4, -0.2) is 41.3 Å². The van der Waals surface area contributed by atoms with Crippen LogP contribution in [0.2, 0.25) is 0 Å². The highest BCUT2D eigenvalue weighted by molar-refractivity contribution is 7.80. The van der Waals surface area contributed by atoms with E-state index in [1.165, 1.54) is 7.11 Å². The molecule has 7 heteroatoms. The third kappa shape index (κ3) is 5.48. The molecule has 0 spiro atoms. The second-order valence-electron chi connectivity index (χ2n) is 4.36. The number of rotatable bonds is 1. The van der Waals surface area contributed by atoms with Gasteiger partial charge < -0.3 is 15.4 Å². The molecule has 0 aliphatic rings. The second-order valence-corrected chi connectivity index (χ2v) is 4.75. The zero-order valence-electron chi connectivity index (χ0n) is 10.9. The van der Waals surface area contributed by atoms with Crippen LogP contribution in [0.5, 0.6) is 0 Å². The van der Waals surface area contributed by atoms with Crippen molar-refractivity contribution in [1.29, 1.82) is 5.41 Å². The summed E-state index contributed by atoms with van der Waals surface area (Å²) in [7, 11) is 1.31.